The summed E-state index contributed by atoms with van der Waals surface area (Å²) >= 11 is 0. The third kappa shape index (κ3) is 4.73. The van der Waals surface area contributed by atoms with Gasteiger partial charge in [0.25, 0.3) is 6.43 Å². The molecule has 0 amide bonds. The van der Waals surface area contributed by atoms with Crippen LogP contribution in [0.4, 0.5) is 24.5 Å². The highest BCUT2D eigenvalue weighted by atomic mass is 19.3. The summed E-state index contributed by atoms with van der Waals surface area (Å²) in [5.74, 6) is -0.892. The molecular weight excluding hydrogens is 481 g/mol. The molecule has 1 aliphatic rings. The highest BCUT2D eigenvalue weighted by Crippen LogP contribution is 2.38. The van der Waals surface area contributed by atoms with E-state index in [0.717, 1.165) is 48.8 Å². The lowest BCUT2D eigenvalue weighted by Crippen LogP contribution is -2.44. The van der Waals surface area contributed by atoms with Gasteiger partial charge in [-0.25, -0.2) is 13.2 Å². The number of pyridine rings is 2. The number of aromatic nitrogens is 4. The second kappa shape index (κ2) is 10.0. The average molecular weight is 511 g/mol. The molecular formula is C27H29F3N6O. The largest absolute Gasteiger partial charge is 0.378 e. The number of hydrogen-bond donors (Lipinski definition) is 1. The van der Waals surface area contributed by atoms with E-state index in [4.69, 9.17) is 9.72 Å². The van der Waals surface area contributed by atoms with Crippen LogP contribution >= 0.6 is 0 Å². The van der Waals surface area contributed by atoms with Crippen LogP contribution in [0.1, 0.15) is 49.1 Å². The van der Waals surface area contributed by atoms with E-state index < -0.39 is 29.4 Å². The number of rotatable bonds is 7. The van der Waals surface area contributed by atoms with Gasteiger partial charge in [0, 0.05) is 56.3 Å². The van der Waals surface area contributed by atoms with Gasteiger partial charge in [-0.05, 0) is 31.9 Å². The molecule has 0 bridgehead atoms. The summed E-state index contributed by atoms with van der Waals surface area (Å²) in [6, 6.07) is 7.28. The van der Waals surface area contributed by atoms with E-state index in [1.54, 1.807) is 37.2 Å². The van der Waals surface area contributed by atoms with Gasteiger partial charge >= 0.3 is 0 Å². The Morgan fingerprint density at radius 3 is 2.51 bits per heavy atom. The van der Waals surface area contributed by atoms with Crippen LogP contribution in [0.3, 0.4) is 0 Å². The predicted octanol–water partition coefficient (Wildman–Crippen LogP) is 5.76. The molecule has 10 heteroatoms. The highest BCUT2D eigenvalue weighted by Gasteiger charge is 2.38. The molecule has 0 unspecified atom stereocenters. The van der Waals surface area contributed by atoms with E-state index in [1.807, 2.05) is 25.5 Å². The van der Waals surface area contributed by atoms with Gasteiger partial charge in [-0.15, -0.1) is 0 Å². The SMILES string of the molecule is COC1(c2cc3c(N[C@H](C)c4cccc(C(F)F)c4F)ccnc3cn2)CCN(c2cnn(C)c2)CC1. The van der Waals surface area contributed by atoms with Crippen molar-refractivity contribution in [1.29, 1.82) is 0 Å². The van der Waals surface area contributed by atoms with Gasteiger partial charge < -0.3 is 15.0 Å². The Morgan fingerprint density at radius 1 is 1.08 bits per heavy atom. The van der Waals surface area contributed by atoms with Crippen molar-refractivity contribution in [3.8, 4) is 0 Å². The Hall–Kier alpha value is -3.66. The summed E-state index contributed by atoms with van der Waals surface area (Å²) in [5, 5.41) is 8.36. The van der Waals surface area contributed by atoms with Crippen LogP contribution in [-0.4, -0.2) is 39.9 Å². The lowest BCUT2D eigenvalue weighted by molar-refractivity contribution is -0.0379. The fourth-order valence-corrected chi connectivity index (χ4v) is 5.07. The zero-order chi connectivity index (χ0) is 26.2. The molecule has 1 fully saturated rings. The smallest absolute Gasteiger partial charge is 0.266 e. The second-order valence-corrected chi connectivity index (χ2v) is 9.42. The standard InChI is InChI=1S/C27H29F3N6O/c1-17(19-5-4-6-20(25(19)28)26(29)30)34-22-7-10-31-23-15-32-24(13-21(22)23)27(37-3)8-11-36(12-9-27)18-14-33-35(2)16-18/h4-7,10,13-17,26H,8-9,11-12H2,1-3H3,(H,31,34)/t17-/m1/s1. The van der Waals surface area contributed by atoms with Crippen molar-refractivity contribution in [3.05, 3.63) is 77.8 Å². The first-order valence-electron chi connectivity index (χ1n) is 12.2. The fraction of sp³-hybridized carbons (Fsp3) is 0.370. The molecule has 194 valence electrons. The van der Waals surface area contributed by atoms with E-state index in [1.165, 1.54) is 12.1 Å². The van der Waals surface area contributed by atoms with Gasteiger partial charge in [0.15, 0.2) is 0 Å². The molecule has 1 aliphatic heterocycles. The number of hydrogen-bond acceptors (Lipinski definition) is 6. The van der Waals surface area contributed by atoms with Gasteiger partial charge in [-0.2, -0.15) is 5.10 Å². The van der Waals surface area contributed by atoms with Crippen LogP contribution in [0.15, 0.2) is 55.1 Å². The fourth-order valence-electron chi connectivity index (χ4n) is 5.07. The summed E-state index contributed by atoms with van der Waals surface area (Å²) in [4.78, 5) is 11.4. The van der Waals surface area contributed by atoms with Gasteiger partial charge in [0.1, 0.15) is 11.4 Å². The monoisotopic (exact) mass is 510 g/mol. The number of anilines is 2. The molecule has 4 aromatic rings. The molecule has 37 heavy (non-hydrogen) atoms. The first kappa shape index (κ1) is 25.0. The van der Waals surface area contributed by atoms with Crippen molar-refractivity contribution in [2.75, 3.05) is 30.4 Å². The summed E-state index contributed by atoms with van der Waals surface area (Å²) in [6.45, 7) is 3.31. The summed E-state index contributed by atoms with van der Waals surface area (Å²) < 4.78 is 49.1. The third-order valence-electron chi connectivity index (χ3n) is 7.25. The van der Waals surface area contributed by atoms with Crippen LogP contribution in [0.25, 0.3) is 10.9 Å². The van der Waals surface area contributed by atoms with Crippen molar-refractivity contribution in [1.82, 2.24) is 19.7 Å². The maximum Gasteiger partial charge on any atom is 0.266 e. The number of aryl methyl sites for hydroxylation is 1. The molecule has 1 aromatic carbocycles. The quantitative estimate of drug-likeness (QED) is 0.341. The number of piperidine rings is 1. The Morgan fingerprint density at radius 2 is 1.84 bits per heavy atom. The molecule has 4 heterocycles. The topological polar surface area (TPSA) is 68.1 Å². The number of methoxy groups -OCH3 is 1. The van der Waals surface area contributed by atoms with Crippen LogP contribution in [0, 0.1) is 5.82 Å². The minimum absolute atomic E-state index is 0.174. The van der Waals surface area contributed by atoms with Crippen molar-refractivity contribution < 1.29 is 17.9 Å². The van der Waals surface area contributed by atoms with Gasteiger partial charge in [0.05, 0.1) is 40.9 Å². The first-order chi connectivity index (χ1) is 17.8. The Bertz CT molecular complexity index is 1400. The van der Waals surface area contributed by atoms with Gasteiger partial charge in [-0.1, -0.05) is 18.2 Å². The number of fused-ring (bicyclic) bond motifs is 1. The summed E-state index contributed by atoms with van der Waals surface area (Å²) in [6.07, 6.45) is 5.81. The highest BCUT2D eigenvalue weighted by molar-refractivity contribution is 5.91. The molecule has 1 N–H and O–H groups in total. The summed E-state index contributed by atoms with van der Waals surface area (Å²) in [7, 11) is 3.60. The number of ether oxygens (including phenoxy) is 1. The lowest BCUT2D eigenvalue weighted by Gasteiger charge is -2.41. The number of nitrogens with zero attached hydrogens (tertiary/aromatic N) is 5. The van der Waals surface area contributed by atoms with E-state index in [9.17, 15) is 13.2 Å². The van der Waals surface area contributed by atoms with Crippen LogP contribution in [-0.2, 0) is 17.4 Å². The average Bonchev–Trinajstić information content (AvgIpc) is 3.34. The zero-order valence-corrected chi connectivity index (χ0v) is 21.0. The molecule has 0 saturated carbocycles. The van der Waals surface area contributed by atoms with E-state index in [0.29, 0.717) is 11.2 Å². The van der Waals surface area contributed by atoms with E-state index >= 15 is 0 Å². The molecule has 3 aromatic heterocycles. The van der Waals surface area contributed by atoms with Gasteiger partial charge in [-0.3, -0.25) is 14.6 Å². The summed E-state index contributed by atoms with van der Waals surface area (Å²) in [5.41, 5.74) is 2.26. The van der Waals surface area contributed by atoms with Crippen molar-refractivity contribution >= 4 is 22.3 Å². The van der Waals surface area contributed by atoms with Crippen LogP contribution < -0.4 is 10.2 Å². The number of halogens is 3. The Balaban J connectivity index is 1.43. The zero-order valence-electron chi connectivity index (χ0n) is 21.0. The lowest BCUT2D eigenvalue weighted by atomic mass is 9.86. The molecule has 1 saturated heterocycles. The predicted molar refractivity (Wildman–Crippen MR) is 136 cm³/mol. The molecule has 0 spiro atoms. The van der Waals surface area contributed by atoms with Crippen LogP contribution in [0.5, 0.6) is 0 Å². The van der Waals surface area contributed by atoms with E-state index in [-0.39, 0.29) is 5.56 Å². The number of nitrogens with one attached hydrogen (secondary N) is 1. The first-order valence-corrected chi connectivity index (χ1v) is 12.2. The maximum atomic E-state index is 14.8. The third-order valence-corrected chi connectivity index (χ3v) is 7.25. The minimum atomic E-state index is -2.88. The molecule has 0 radical (unpaired) electrons. The Labute approximate surface area is 213 Å². The molecule has 1 atom stereocenters. The molecule has 5 rings (SSSR count). The minimum Gasteiger partial charge on any atom is -0.378 e. The normalized spacial score (nSPS) is 16.4. The maximum absolute atomic E-state index is 14.8. The molecule has 7 nitrogen and oxygen atoms in total. The molecule has 0 aliphatic carbocycles. The van der Waals surface area contributed by atoms with Crippen molar-refractivity contribution in [3.63, 3.8) is 0 Å². The van der Waals surface area contributed by atoms with Crippen molar-refractivity contribution in [2.24, 2.45) is 7.05 Å². The van der Waals surface area contributed by atoms with E-state index in [2.05, 4.69) is 20.3 Å². The number of alkyl halides is 2. The van der Waals surface area contributed by atoms with Crippen LogP contribution in [0.2, 0.25) is 0 Å². The number of benzene rings is 1. The Kier molecular flexibility index (Phi) is 6.76. The van der Waals surface area contributed by atoms with Gasteiger partial charge in [0.2, 0.25) is 0 Å². The second-order valence-electron chi connectivity index (χ2n) is 9.42. The van der Waals surface area contributed by atoms with Crippen molar-refractivity contribution in [2.45, 2.75) is 37.8 Å².